The summed E-state index contributed by atoms with van der Waals surface area (Å²) in [5.74, 6) is -3.04. The van der Waals surface area contributed by atoms with Gasteiger partial charge in [0.25, 0.3) is 0 Å². The van der Waals surface area contributed by atoms with Crippen molar-refractivity contribution in [3.05, 3.63) is 24.3 Å². The average Bonchev–Trinajstić information content (AvgIpc) is 3.14. The Morgan fingerprint density at radius 3 is 2.15 bits per heavy atom. The molecule has 2 aliphatic heterocycles. The summed E-state index contributed by atoms with van der Waals surface area (Å²) in [6.45, 7) is 5.24. The lowest BCUT2D eigenvalue weighted by molar-refractivity contribution is -0.147. The van der Waals surface area contributed by atoms with Crippen LogP contribution in [-0.2, 0) is 24.3 Å². The molecule has 2 aliphatic rings. The highest BCUT2D eigenvalue weighted by Gasteiger charge is 2.55. The monoisotopic (exact) mass is 396 g/mol. The topological polar surface area (TPSA) is 122 Å². The van der Waals surface area contributed by atoms with E-state index in [0.717, 1.165) is 0 Å². The summed E-state index contributed by atoms with van der Waals surface area (Å²) in [7, 11) is -3.67. The third-order valence-electron chi connectivity index (χ3n) is 4.73. The Balaban J connectivity index is 1.72. The van der Waals surface area contributed by atoms with E-state index >= 15 is 0 Å². The standard InChI is InChI=1S/C18H24N2O6S/c1-18(2,3)20-27(24,25)11-6-4-10(5-7-11)19-16(21)14-12-8-9-13(26-12)15(14)17(22)23/h4-7,12-15,20H,8-9H2,1-3H3,(H,19,21)(H,22,23)/t12-,13+,14+,15+/m1/s1. The Morgan fingerprint density at radius 1 is 1.07 bits per heavy atom. The van der Waals surface area contributed by atoms with Crippen LogP contribution in [0.2, 0.25) is 0 Å². The highest BCUT2D eigenvalue weighted by atomic mass is 32.2. The quantitative estimate of drug-likeness (QED) is 0.695. The summed E-state index contributed by atoms with van der Waals surface area (Å²) in [6, 6.07) is 5.77. The van der Waals surface area contributed by atoms with E-state index in [1.165, 1.54) is 24.3 Å². The first kappa shape index (κ1) is 19.8. The van der Waals surface area contributed by atoms with Crippen LogP contribution in [0.25, 0.3) is 0 Å². The number of hydrogen-bond donors (Lipinski definition) is 3. The number of rotatable bonds is 5. The van der Waals surface area contributed by atoms with Crippen molar-refractivity contribution in [1.29, 1.82) is 0 Å². The Labute approximate surface area is 158 Å². The first-order chi connectivity index (χ1) is 12.5. The predicted octanol–water partition coefficient (Wildman–Crippen LogP) is 1.58. The van der Waals surface area contributed by atoms with Crippen molar-refractivity contribution in [2.75, 3.05) is 5.32 Å². The number of anilines is 1. The van der Waals surface area contributed by atoms with Gasteiger partial charge in [-0.25, -0.2) is 13.1 Å². The second-order valence-corrected chi connectivity index (χ2v) is 9.73. The van der Waals surface area contributed by atoms with Crippen molar-refractivity contribution in [3.63, 3.8) is 0 Å². The van der Waals surface area contributed by atoms with Gasteiger partial charge < -0.3 is 15.2 Å². The van der Waals surface area contributed by atoms with Crippen LogP contribution in [0.15, 0.2) is 29.2 Å². The lowest BCUT2D eigenvalue weighted by Crippen LogP contribution is -2.41. The first-order valence-corrected chi connectivity index (χ1v) is 10.3. The minimum absolute atomic E-state index is 0.0853. The van der Waals surface area contributed by atoms with Crippen LogP contribution < -0.4 is 10.0 Å². The molecule has 2 bridgehead atoms. The maximum Gasteiger partial charge on any atom is 0.310 e. The fourth-order valence-electron chi connectivity index (χ4n) is 3.73. The molecular formula is C18H24N2O6S. The van der Waals surface area contributed by atoms with Crippen molar-refractivity contribution >= 4 is 27.6 Å². The van der Waals surface area contributed by atoms with Gasteiger partial charge in [0.05, 0.1) is 28.9 Å². The van der Waals surface area contributed by atoms with Crippen molar-refractivity contribution < 1.29 is 27.9 Å². The SMILES string of the molecule is CC(C)(C)NS(=O)(=O)c1ccc(NC(=O)[C@@H]2[C@@H](C(=O)O)[C@@H]3CC[C@H]2O3)cc1. The number of sulfonamides is 1. The minimum atomic E-state index is -3.67. The number of carboxylic acids is 1. The molecule has 2 heterocycles. The Morgan fingerprint density at radius 2 is 1.63 bits per heavy atom. The zero-order valence-corrected chi connectivity index (χ0v) is 16.2. The second kappa shape index (κ2) is 6.88. The number of carbonyl (C=O) groups excluding carboxylic acids is 1. The van der Waals surface area contributed by atoms with Crippen LogP contribution in [0.4, 0.5) is 5.69 Å². The molecule has 1 aromatic carbocycles. The molecule has 148 valence electrons. The zero-order valence-electron chi connectivity index (χ0n) is 15.4. The summed E-state index contributed by atoms with van der Waals surface area (Å²) >= 11 is 0. The van der Waals surface area contributed by atoms with Crippen molar-refractivity contribution in [1.82, 2.24) is 4.72 Å². The van der Waals surface area contributed by atoms with Gasteiger partial charge in [0.1, 0.15) is 0 Å². The predicted molar refractivity (Wildman–Crippen MR) is 97.7 cm³/mol. The molecular weight excluding hydrogens is 372 g/mol. The number of hydrogen-bond acceptors (Lipinski definition) is 5. The lowest BCUT2D eigenvalue weighted by Gasteiger charge is -2.24. The van der Waals surface area contributed by atoms with Crippen LogP contribution in [0.1, 0.15) is 33.6 Å². The second-order valence-electron chi connectivity index (χ2n) is 8.05. The van der Waals surface area contributed by atoms with Gasteiger partial charge in [-0.3, -0.25) is 9.59 Å². The van der Waals surface area contributed by atoms with E-state index in [0.29, 0.717) is 18.5 Å². The van der Waals surface area contributed by atoms with Crippen LogP contribution in [-0.4, -0.2) is 43.1 Å². The smallest absolute Gasteiger partial charge is 0.310 e. The summed E-state index contributed by atoms with van der Waals surface area (Å²) in [5, 5.41) is 12.1. The molecule has 27 heavy (non-hydrogen) atoms. The van der Waals surface area contributed by atoms with Crippen molar-refractivity contribution in [2.24, 2.45) is 11.8 Å². The number of amides is 1. The van der Waals surface area contributed by atoms with E-state index < -0.39 is 45.4 Å². The van der Waals surface area contributed by atoms with Gasteiger partial charge in [0.15, 0.2) is 0 Å². The number of benzene rings is 1. The maximum absolute atomic E-state index is 12.6. The van der Waals surface area contributed by atoms with Crippen molar-refractivity contribution in [2.45, 2.75) is 56.3 Å². The van der Waals surface area contributed by atoms with E-state index in [-0.39, 0.29) is 11.0 Å². The Hall–Kier alpha value is -1.97. The largest absolute Gasteiger partial charge is 0.481 e. The number of carboxylic acid groups (broad SMARTS) is 1. The van der Waals surface area contributed by atoms with Crippen LogP contribution >= 0.6 is 0 Å². The zero-order chi connectivity index (χ0) is 20.0. The average molecular weight is 396 g/mol. The van der Waals surface area contributed by atoms with Gasteiger partial charge in [-0.15, -0.1) is 0 Å². The molecule has 1 aromatic rings. The number of nitrogens with one attached hydrogen (secondary N) is 2. The molecule has 0 aromatic heterocycles. The highest BCUT2D eigenvalue weighted by molar-refractivity contribution is 7.89. The molecule has 0 saturated carbocycles. The number of ether oxygens (including phenoxy) is 1. The summed E-state index contributed by atoms with van der Waals surface area (Å²) in [5.41, 5.74) is -0.207. The number of aliphatic carboxylic acids is 1. The molecule has 0 spiro atoms. The van der Waals surface area contributed by atoms with Gasteiger partial charge in [-0.1, -0.05) is 0 Å². The highest BCUT2D eigenvalue weighted by Crippen LogP contribution is 2.44. The third-order valence-corrected chi connectivity index (χ3v) is 6.51. The molecule has 4 atom stereocenters. The normalized spacial score (nSPS) is 27.5. The molecule has 0 unspecified atom stereocenters. The van der Waals surface area contributed by atoms with E-state index in [1.54, 1.807) is 20.8 Å². The van der Waals surface area contributed by atoms with Gasteiger partial charge in [0.2, 0.25) is 15.9 Å². The van der Waals surface area contributed by atoms with E-state index in [9.17, 15) is 23.1 Å². The van der Waals surface area contributed by atoms with Gasteiger partial charge >= 0.3 is 5.97 Å². The molecule has 0 radical (unpaired) electrons. The first-order valence-electron chi connectivity index (χ1n) is 8.81. The molecule has 0 aliphatic carbocycles. The fraction of sp³-hybridized carbons (Fsp3) is 0.556. The van der Waals surface area contributed by atoms with Crippen molar-refractivity contribution in [3.8, 4) is 0 Å². The number of fused-ring (bicyclic) bond motifs is 2. The van der Waals surface area contributed by atoms with E-state index in [2.05, 4.69) is 10.0 Å². The van der Waals surface area contributed by atoms with Crippen LogP contribution in [0.5, 0.6) is 0 Å². The fourth-order valence-corrected chi connectivity index (χ4v) is 5.15. The third kappa shape index (κ3) is 4.15. The van der Waals surface area contributed by atoms with E-state index in [4.69, 9.17) is 4.74 Å². The molecule has 3 N–H and O–H groups in total. The summed E-state index contributed by atoms with van der Waals surface area (Å²) in [4.78, 5) is 24.2. The minimum Gasteiger partial charge on any atom is -0.481 e. The molecule has 2 fully saturated rings. The molecule has 2 saturated heterocycles. The Bertz CT molecular complexity index is 844. The molecule has 9 heteroatoms. The molecule has 8 nitrogen and oxygen atoms in total. The molecule has 1 amide bonds. The van der Waals surface area contributed by atoms with Crippen LogP contribution in [0, 0.1) is 11.8 Å². The maximum atomic E-state index is 12.6. The summed E-state index contributed by atoms with van der Waals surface area (Å²) < 4.78 is 32.8. The summed E-state index contributed by atoms with van der Waals surface area (Å²) in [6.07, 6.45) is 0.520. The van der Waals surface area contributed by atoms with E-state index in [1.807, 2.05) is 0 Å². The van der Waals surface area contributed by atoms with Gasteiger partial charge in [-0.05, 0) is 57.9 Å². The van der Waals surface area contributed by atoms with Crippen LogP contribution in [0.3, 0.4) is 0 Å². The number of carbonyl (C=O) groups is 2. The Kier molecular flexibility index (Phi) is 5.04. The van der Waals surface area contributed by atoms with Gasteiger partial charge in [0, 0.05) is 11.2 Å². The lowest BCUT2D eigenvalue weighted by atomic mass is 9.78. The molecule has 3 rings (SSSR count). The van der Waals surface area contributed by atoms with Gasteiger partial charge in [-0.2, -0.15) is 0 Å².